The van der Waals surface area contributed by atoms with E-state index in [1.54, 1.807) is 0 Å². The highest BCUT2D eigenvalue weighted by Gasteiger charge is 2.20. The number of aromatic nitrogens is 1. The van der Waals surface area contributed by atoms with Crippen molar-refractivity contribution in [1.82, 2.24) is 10.3 Å². The first-order chi connectivity index (χ1) is 9.33. The van der Waals surface area contributed by atoms with Gasteiger partial charge in [-0.2, -0.15) is 0 Å². The molecule has 0 radical (unpaired) electrons. The lowest BCUT2D eigenvalue weighted by atomic mass is 10.0. The summed E-state index contributed by atoms with van der Waals surface area (Å²) in [6.07, 6.45) is 8.02. The molecule has 1 aliphatic carbocycles. The molecule has 1 aromatic carbocycles. The second kappa shape index (κ2) is 5.70. The summed E-state index contributed by atoms with van der Waals surface area (Å²) in [5.41, 5.74) is 1.38. The first-order valence-corrected chi connectivity index (χ1v) is 7.35. The maximum absolute atomic E-state index is 4.19. The van der Waals surface area contributed by atoms with E-state index in [1.807, 2.05) is 12.4 Å². The number of hydrogen-bond acceptors (Lipinski definition) is 2. The van der Waals surface area contributed by atoms with Crippen molar-refractivity contribution >= 4 is 10.8 Å². The van der Waals surface area contributed by atoms with Gasteiger partial charge >= 0.3 is 0 Å². The summed E-state index contributed by atoms with van der Waals surface area (Å²) < 4.78 is 0. The first-order valence-electron chi connectivity index (χ1n) is 7.35. The Morgan fingerprint density at radius 3 is 3.05 bits per heavy atom. The maximum Gasteiger partial charge on any atom is 0.0346 e. The average Bonchev–Trinajstić information content (AvgIpc) is 2.85. The first kappa shape index (κ1) is 12.6. The van der Waals surface area contributed by atoms with Gasteiger partial charge in [-0.15, -0.1) is 0 Å². The summed E-state index contributed by atoms with van der Waals surface area (Å²) in [5.74, 6) is 1.81. The minimum Gasteiger partial charge on any atom is -0.312 e. The third kappa shape index (κ3) is 2.95. The Hall–Kier alpha value is -1.41. The van der Waals surface area contributed by atoms with Crippen LogP contribution in [0.15, 0.2) is 36.7 Å². The third-order valence-corrected chi connectivity index (χ3v) is 4.32. The Balaban J connectivity index is 1.62. The molecular weight excluding hydrogens is 232 g/mol. The maximum atomic E-state index is 4.19. The Labute approximate surface area is 115 Å². The highest BCUT2D eigenvalue weighted by atomic mass is 14.9. The van der Waals surface area contributed by atoms with Gasteiger partial charge in [-0.05, 0) is 48.2 Å². The lowest BCUT2D eigenvalue weighted by Gasteiger charge is -2.12. The van der Waals surface area contributed by atoms with Crippen molar-refractivity contribution in [2.24, 2.45) is 11.8 Å². The number of pyridine rings is 1. The summed E-state index contributed by atoms with van der Waals surface area (Å²) in [4.78, 5) is 4.19. The molecule has 19 heavy (non-hydrogen) atoms. The zero-order valence-electron chi connectivity index (χ0n) is 11.6. The molecular formula is C17H22N2. The minimum absolute atomic E-state index is 0.881. The summed E-state index contributed by atoms with van der Waals surface area (Å²) in [6.45, 7) is 4.50. The fourth-order valence-electron chi connectivity index (χ4n) is 3.27. The Morgan fingerprint density at radius 1 is 1.26 bits per heavy atom. The van der Waals surface area contributed by atoms with Crippen molar-refractivity contribution < 1.29 is 0 Å². The van der Waals surface area contributed by atoms with Crippen molar-refractivity contribution in [3.8, 4) is 0 Å². The molecule has 0 amide bonds. The van der Waals surface area contributed by atoms with Gasteiger partial charge in [-0.25, -0.2) is 0 Å². The smallest absolute Gasteiger partial charge is 0.0346 e. The second-order valence-corrected chi connectivity index (χ2v) is 5.93. The number of benzene rings is 1. The van der Waals surface area contributed by atoms with Gasteiger partial charge < -0.3 is 5.32 Å². The number of fused-ring (bicyclic) bond motifs is 1. The lowest BCUT2D eigenvalue weighted by molar-refractivity contribution is 0.471. The van der Waals surface area contributed by atoms with E-state index in [9.17, 15) is 0 Å². The van der Waals surface area contributed by atoms with Crippen LogP contribution in [-0.4, -0.2) is 11.5 Å². The van der Waals surface area contributed by atoms with Crippen LogP contribution < -0.4 is 5.32 Å². The van der Waals surface area contributed by atoms with Crippen LogP contribution in [0.4, 0.5) is 0 Å². The van der Waals surface area contributed by atoms with Crippen molar-refractivity contribution in [3.63, 3.8) is 0 Å². The number of rotatable bonds is 4. The molecule has 0 aliphatic heterocycles. The molecule has 1 fully saturated rings. The van der Waals surface area contributed by atoms with Gasteiger partial charge in [0, 0.05) is 24.3 Å². The predicted molar refractivity (Wildman–Crippen MR) is 80.0 cm³/mol. The fourth-order valence-corrected chi connectivity index (χ4v) is 3.27. The molecule has 3 rings (SSSR count). The quantitative estimate of drug-likeness (QED) is 0.898. The van der Waals surface area contributed by atoms with E-state index < -0.39 is 0 Å². The molecule has 1 aliphatic rings. The lowest BCUT2D eigenvalue weighted by Crippen LogP contribution is -2.21. The van der Waals surface area contributed by atoms with E-state index in [0.29, 0.717) is 0 Å². The van der Waals surface area contributed by atoms with Crippen LogP contribution in [-0.2, 0) is 6.54 Å². The normalized spacial score (nSPS) is 23.0. The zero-order chi connectivity index (χ0) is 13.1. The van der Waals surface area contributed by atoms with E-state index >= 15 is 0 Å². The molecule has 2 nitrogen and oxygen atoms in total. The van der Waals surface area contributed by atoms with Gasteiger partial charge in [0.2, 0.25) is 0 Å². The van der Waals surface area contributed by atoms with Crippen LogP contribution in [0.3, 0.4) is 0 Å². The van der Waals surface area contributed by atoms with Gasteiger partial charge in [0.05, 0.1) is 0 Å². The molecule has 2 unspecified atom stereocenters. The highest BCUT2D eigenvalue weighted by Crippen LogP contribution is 2.29. The van der Waals surface area contributed by atoms with Crippen LogP contribution >= 0.6 is 0 Å². The van der Waals surface area contributed by atoms with Crippen LogP contribution in [0.1, 0.15) is 31.7 Å². The van der Waals surface area contributed by atoms with Gasteiger partial charge in [0.25, 0.3) is 0 Å². The Bertz CT molecular complexity index is 544. The monoisotopic (exact) mass is 254 g/mol. The zero-order valence-corrected chi connectivity index (χ0v) is 11.6. The largest absolute Gasteiger partial charge is 0.312 e. The molecule has 2 aromatic rings. The van der Waals surface area contributed by atoms with E-state index in [4.69, 9.17) is 0 Å². The fraction of sp³-hybridized carbons (Fsp3) is 0.471. The van der Waals surface area contributed by atoms with Crippen molar-refractivity contribution in [3.05, 3.63) is 42.2 Å². The van der Waals surface area contributed by atoms with Crippen molar-refractivity contribution in [2.45, 2.75) is 32.7 Å². The second-order valence-electron chi connectivity index (χ2n) is 5.93. The number of nitrogens with zero attached hydrogens (tertiary/aromatic N) is 1. The van der Waals surface area contributed by atoms with Crippen LogP contribution in [0.2, 0.25) is 0 Å². The van der Waals surface area contributed by atoms with Gasteiger partial charge in [0.1, 0.15) is 0 Å². The molecule has 0 bridgehead atoms. The topological polar surface area (TPSA) is 24.9 Å². The van der Waals surface area contributed by atoms with Gasteiger partial charge in [0.15, 0.2) is 0 Å². The Kier molecular flexibility index (Phi) is 3.79. The van der Waals surface area contributed by atoms with Gasteiger partial charge in [-0.1, -0.05) is 31.5 Å². The summed E-state index contributed by atoms with van der Waals surface area (Å²) >= 11 is 0. The standard InChI is InChI=1S/C17H22N2/c1-13-5-6-14(9-13)10-19-12-16-4-2-3-15-11-18-8-7-17(15)16/h2-4,7-8,11,13-14,19H,5-6,9-10,12H2,1H3. The van der Waals surface area contributed by atoms with E-state index in [0.717, 1.165) is 24.9 Å². The van der Waals surface area contributed by atoms with Crippen LogP contribution in [0, 0.1) is 11.8 Å². The van der Waals surface area contributed by atoms with Gasteiger partial charge in [-0.3, -0.25) is 4.98 Å². The molecule has 1 heterocycles. The molecule has 100 valence electrons. The third-order valence-electron chi connectivity index (χ3n) is 4.32. The van der Waals surface area contributed by atoms with Crippen LogP contribution in [0.5, 0.6) is 0 Å². The van der Waals surface area contributed by atoms with E-state index in [1.165, 1.54) is 35.6 Å². The number of nitrogens with one attached hydrogen (secondary N) is 1. The molecule has 2 atom stereocenters. The Morgan fingerprint density at radius 2 is 2.21 bits per heavy atom. The molecule has 1 saturated carbocycles. The predicted octanol–water partition coefficient (Wildman–Crippen LogP) is 3.76. The SMILES string of the molecule is CC1CCC(CNCc2cccc3cnccc23)C1. The van der Waals surface area contributed by atoms with Crippen LogP contribution in [0.25, 0.3) is 10.8 Å². The van der Waals surface area contributed by atoms with Crippen molar-refractivity contribution in [1.29, 1.82) is 0 Å². The summed E-state index contributed by atoms with van der Waals surface area (Å²) in [5, 5.41) is 6.19. The van der Waals surface area contributed by atoms with E-state index in [2.05, 4.69) is 41.5 Å². The number of hydrogen-bond donors (Lipinski definition) is 1. The van der Waals surface area contributed by atoms with Crippen molar-refractivity contribution in [2.75, 3.05) is 6.54 Å². The molecule has 0 spiro atoms. The summed E-state index contributed by atoms with van der Waals surface area (Å²) in [7, 11) is 0. The molecule has 1 N–H and O–H groups in total. The highest BCUT2D eigenvalue weighted by molar-refractivity contribution is 5.84. The minimum atomic E-state index is 0.881. The summed E-state index contributed by atoms with van der Waals surface area (Å²) in [6, 6.07) is 8.58. The molecule has 2 heteroatoms. The average molecular weight is 254 g/mol. The van der Waals surface area contributed by atoms with E-state index in [-0.39, 0.29) is 0 Å². The molecule has 1 aromatic heterocycles. The molecule has 0 saturated heterocycles.